The maximum Gasteiger partial charge on any atom is 0.430 e. The van der Waals surface area contributed by atoms with E-state index in [1.165, 1.54) is 4.90 Å². The summed E-state index contributed by atoms with van der Waals surface area (Å²) >= 11 is 12.0. The first-order valence-corrected chi connectivity index (χ1v) is 11.3. The summed E-state index contributed by atoms with van der Waals surface area (Å²) in [6.45, 7) is 2.30. The third kappa shape index (κ3) is 9.97. The monoisotopic (exact) mass is 553 g/mol. The Hall–Kier alpha value is -2.93. The zero-order chi connectivity index (χ0) is 26.9. The van der Waals surface area contributed by atoms with Crippen molar-refractivity contribution in [2.75, 3.05) is 31.6 Å². The second kappa shape index (κ2) is 13.4. The number of anilines is 1. The van der Waals surface area contributed by atoms with E-state index in [9.17, 15) is 23.1 Å². The maximum atomic E-state index is 11.1. The number of carboxylic acid groups (broad SMARTS) is 1. The number of aliphatic carboxylic acids is 1. The van der Waals surface area contributed by atoms with Crippen LogP contribution in [0.5, 0.6) is 11.5 Å². The molecule has 1 fully saturated rings. The summed E-state index contributed by atoms with van der Waals surface area (Å²) in [5.74, 6) is -1.86. The molecule has 0 bridgehead atoms. The van der Waals surface area contributed by atoms with Gasteiger partial charge in [0.15, 0.2) is 6.10 Å². The average Bonchev–Trinajstić information content (AvgIpc) is 3.22. The van der Waals surface area contributed by atoms with E-state index in [1.54, 1.807) is 30.3 Å². The Kier molecular flexibility index (Phi) is 10.9. The van der Waals surface area contributed by atoms with Crippen molar-refractivity contribution in [2.45, 2.75) is 24.8 Å². The number of nitrogens with two attached hydrogens (primary N) is 1. The summed E-state index contributed by atoms with van der Waals surface area (Å²) in [4.78, 5) is 21.2. The van der Waals surface area contributed by atoms with E-state index in [1.807, 2.05) is 12.1 Å². The summed E-state index contributed by atoms with van der Waals surface area (Å²) < 4.78 is 43.2. The number of carboxylic acids is 1. The standard InChI is InChI=1S/C20H23Cl2N3O4.C2HF3O2/c21-13-4-6-15(7-5-13)29-16-8-9-25(11-16)10-14(26)12-28-18-3-1-2-17(22)19(18)24-20(23)27;3-2(4,5)1(6)7/h1-7,14,16,26H,8-12H2,(H3,23,24,27);(H,6,7). The van der Waals surface area contributed by atoms with Gasteiger partial charge >= 0.3 is 12.2 Å². The molecule has 2 aromatic carbocycles. The van der Waals surface area contributed by atoms with Gasteiger partial charge < -0.3 is 40.4 Å². The molecule has 1 aliphatic heterocycles. The maximum absolute atomic E-state index is 11.1. The molecule has 2 aromatic rings. The predicted octanol–water partition coefficient (Wildman–Crippen LogP) is 1.26. The molecule has 198 valence electrons. The summed E-state index contributed by atoms with van der Waals surface area (Å²) in [5.41, 5.74) is 5.46. The molecule has 3 rings (SSSR count). The van der Waals surface area contributed by atoms with Crippen molar-refractivity contribution < 1.29 is 47.3 Å². The van der Waals surface area contributed by atoms with Crippen molar-refractivity contribution in [1.29, 1.82) is 0 Å². The summed E-state index contributed by atoms with van der Waals surface area (Å²) in [6, 6.07) is 11.5. The van der Waals surface area contributed by atoms with Crippen LogP contribution in [0.4, 0.5) is 23.7 Å². The number of rotatable bonds is 8. The van der Waals surface area contributed by atoms with Crippen LogP contribution in [0.2, 0.25) is 10.0 Å². The smallest absolute Gasteiger partial charge is 0.430 e. The largest absolute Gasteiger partial charge is 0.542 e. The number of primary amides is 1. The minimum Gasteiger partial charge on any atom is -0.542 e. The number of para-hydroxylation sites is 1. The molecule has 14 heteroatoms. The molecule has 3 unspecified atom stereocenters. The molecule has 0 aliphatic carbocycles. The highest BCUT2D eigenvalue weighted by atomic mass is 35.5. The molecule has 36 heavy (non-hydrogen) atoms. The lowest BCUT2D eigenvalue weighted by Gasteiger charge is -2.19. The molecule has 1 heterocycles. The number of ether oxygens (including phenoxy) is 2. The van der Waals surface area contributed by atoms with E-state index in [0.717, 1.165) is 25.3 Å². The number of quaternary nitrogens is 1. The molecule has 9 nitrogen and oxygen atoms in total. The first-order valence-electron chi connectivity index (χ1n) is 10.5. The third-order valence-electron chi connectivity index (χ3n) is 4.86. The normalized spacial score (nSPS) is 17.9. The first kappa shape index (κ1) is 29.3. The van der Waals surface area contributed by atoms with Crippen LogP contribution < -0.4 is 30.5 Å². The Morgan fingerprint density at radius 3 is 2.44 bits per heavy atom. The van der Waals surface area contributed by atoms with Gasteiger partial charge in [0.05, 0.1) is 11.6 Å². The minimum absolute atomic E-state index is 0.0694. The number of urea groups is 1. The van der Waals surface area contributed by atoms with E-state index in [2.05, 4.69) is 5.32 Å². The van der Waals surface area contributed by atoms with Crippen LogP contribution in [0.1, 0.15) is 6.42 Å². The second-order valence-electron chi connectivity index (χ2n) is 7.74. The lowest BCUT2D eigenvalue weighted by atomic mass is 10.3. The number of likely N-dealkylation sites (tertiary alicyclic amines) is 1. The fourth-order valence-electron chi connectivity index (χ4n) is 3.33. The zero-order valence-electron chi connectivity index (χ0n) is 18.7. The van der Waals surface area contributed by atoms with Crippen LogP contribution in [0.25, 0.3) is 0 Å². The van der Waals surface area contributed by atoms with Gasteiger partial charge in [-0.2, -0.15) is 13.2 Å². The highest BCUT2D eigenvalue weighted by Crippen LogP contribution is 2.32. The van der Waals surface area contributed by atoms with Crippen molar-refractivity contribution in [2.24, 2.45) is 5.73 Å². The van der Waals surface area contributed by atoms with Gasteiger partial charge in [-0.3, -0.25) is 0 Å². The second-order valence-corrected chi connectivity index (χ2v) is 8.59. The van der Waals surface area contributed by atoms with Crippen molar-refractivity contribution in [1.82, 2.24) is 0 Å². The minimum atomic E-state index is -5.19. The van der Waals surface area contributed by atoms with Crippen LogP contribution in [0.3, 0.4) is 0 Å². The van der Waals surface area contributed by atoms with E-state index >= 15 is 0 Å². The molecule has 3 atom stereocenters. The van der Waals surface area contributed by atoms with Gasteiger partial charge in [-0.1, -0.05) is 29.3 Å². The number of benzene rings is 2. The molecule has 0 aromatic heterocycles. The van der Waals surface area contributed by atoms with Gasteiger partial charge in [0.25, 0.3) is 0 Å². The molecule has 0 spiro atoms. The molecule has 2 amide bonds. The number of amides is 2. The van der Waals surface area contributed by atoms with Crippen LogP contribution in [-0.2, 0) is 4.79 Å². The third-order valence-corrected chi connectivity index (χ3v) is 5.43. The van der Waals surface area contributed by atoms with Crippen LogP contribution in [0, 0.1) is 0 Å². The fraction of sp³-hybridized carbons (Fsp3) is 0.364. The molecular formula is C22H24Cl2F3N3O6. The van der Waals surface area contributed by atoms with E-state index in [4.69, 9.17) is 48.3 Å². The van der Waals surface area contributed by atoms with Gasteiger partial charge in [0, 0.05) is 11.4 Å². The SMILES string of the molecule is NC(=O)Nc1c(Cl)cccc1OCC(O)C[NH+]1CCC(Oc2ccc(Cl)cc2)C1.O=C([O-])C(F)(F)F. The van der Waals surface area contributed by atoms with Crippen molar-refractivity contribution in [3.8, 4) is 11.5 Å². The molecule has 1 saturated heterocycles. The van der Waals surface area contributed by atoms with Gasteiger partial charge in [-0.05, 0) is 36.4 Å². The molecular weight excluding hydrogens is 530 g/mol. The summed E-state index contributed by atoms with van der Waals surface area (Å²) in [5, 5.41) is 22.6. The summed E-state index contributed by atoms with van der Waals surface area (Å²) in [6.07, 6.45) is -4.87. The van der Waals surface area contributed by atoms with Crippen molar-refractivity contribution in [3.05, 3.63) is 52.5 Å². The number of halogens is 5. The van der Waals surface area contributed by atoms with Crippen LogP contribution >= 0.6 is 23.2 Å². The van der Waals surface area contributed by atoms with E-state index in [0.29, 0.717) is 28.0 Å². The van der Waals surface area contributed by atoms with Crippen molar-refractivity contribution in [3.63, 3.8) is 0 Å². The first-order chi connectivity index (χ1) is 16.8. The number of nitrogens with one attached hydrogen (secondary N) is 2. The average molecular weight is 554 g/mol. The molecule has 5 N–H and O–H groups in total. The predicted molar refractivity (Wildman–Crippen MR) is 123 cm³/mol. The number of hydrogen-bond acceptors (Lipinski definition) is 6. The quantitative estimate of drug-likeness (QED) is 0.388. The number of alkyl halides is 3. The Morgan fingerprint density at radius 1 is 1.22 bits per heavy atom. The Bertz CT molecular complexity index is 1030. The number of aliphatic hydroxyl groups excluding tert-OH is 1. The zero-order valence-corrected chi connectivity index (χ0v) is 20.2. The Morgan fingerprint density at radius 2 is 1.86 bits per heavy atom. The lowest BCUT2D eigenvalue weighted by molar-refractivity contribution is -0.891. The highest BCUT2D eigenvalue weighted by molar-refractivity contribution is 6.34. The van der Waals surface area contributed by atoms with Gasteiger partial charge in [0.2, 0.25) is 0 Å². The molecule has 0 saturated carbocycles. The molecule has 0 radical (unpaired) electrons. The fourth-order valence-corrected chi connectivity index (χ4v) is 3.67. The number of hydrogen-bond donors (Lipinski definition) is 4. The number of carbonyl (C=O) groups excluding carboxylic acids is 2. The Balaban J connectivity index is 0.000000572. The highest BCUT2D eigenvalue weighted by Gasteiger charge is 2.30. The van der Waals surface area contributed by atoms with Gasteiger partial charge in [-0.25, -0.2) is 4.79 Å². The van der Waals surface area contributed by atoms with Gasteiger partial charge in [-0.15, -0.1) is 0 Å². The van der Waals surface area contributed by atoms with Crippen molar-refractivity contribution >= 4 is 40.9 Å². The summed E-state index contributed by atoms with van der Waals surface area (Å²) in [7, 11) is 0. The number of aliphatic hydroxyl groups is 1. The number of carbonyl (C=O) groups is 2. The van der Waals surface area contributed by atoms with Crippen LogP contribution in [0.15, 0.2) is 42.5 Å². The van der Waals surface area contributed by atoms with E-state index in [-0.39, 0.29) is 12.7 Å². The van der Waals surface area contributed by atoms with E-state index < -0.39 is 24.3 Å². The van der Waals surface area contributed by atoms with Crippen LogP contribution in [-0.4, -0.2) is 61.7 Å². The lowest BCUT2D eigenvalue weighted by Crippen LogP contribution is -3.11. The van der Waals surface area contributed by atoms with Gasteiger partial charge in [0.1, 0.15) is 49.0 Å². The topological polar surface area (TPSA) is 138 Å². The Labute approximate surface area is 214 Å². The molecule has 1 aliphatic rings.